The largest absolute Gasteiger partial charge is 0.416 e. The molecule has 94 valence electrons. The maximum atomic E-state index is 12.6. The monoisotopic (exact) mass is 253 g/mol. The van der Waals surface area contributed by atoms with E-state index in [0.717, 1.165) is 12.1 Å². The van der Waals surface area contributed by atoms with Crippen LogP contribution in [0, 0.1) is 0 Å². The van der Waals surface area contributed by atoms with E-state index in [1.165, 1.54) is 18.6 Å². The van der Waals surface area contributed by atoms with Crippen LogP contribution in [0.25, 0.3) is 11.3 Å². The number of nitrogens with two attached hydrogens (primary N) is 1. The number of hydrogen-bond donors (Lipinski definition) is 1. The van der Waals surface area contributed by atoms with Gasteiger partial charge in [0.05, 0.1) is 11.3 Å². The predicted octanol–water partition coefficient (Wildman–Crippen LogP) is 2.62. The van der Waals surface area contributed by atoms with Gasteiger partial charge in [-0.3, -0.25) is 0 Å². The molecular weight excluding hydrogens is 243 g/mol. The number of nitrogens with zero attached hydrogens (tertiary/aromatic N) is 2. The van der Waals surface area contributed by atoms with Gasteiger partial charge in [0.15, 0.2) is 0 Å². The summed E-state index contributed by atoms with van der Waals surface area (Å²) in [5, 5.41) is 0. The highest BCUT2D eigenvalue weighted by atomic mass is 19.4. The van der Waals surface area contributed by atoms with Crippen molar-refractivity contribution < 1.29 is 13.2 Å². The van der Waals surface area contributed by atoms with Gasteiger partial charge in [-0.25, -0.2) is 9.97 Å². The van der Waals surface area contributed by atoms with Gasteiger partial charge in [0.2, 0.25) is 0 Å². The Morgan fingerprint density at radius 2 is 2.00 bits per heavy atom. The van der Waals surface area contributed by atoms with E-state index in [-0.39, 0.29) is 6.54 Å². The van der Waals surface area contributed by atoms with Crippen molar-refractivity contribution in [3.05, 3.63) is 47.9 Å². The number of alkyl halides is 3. The number of halogens is 3. The van der Waals surface area contributed by atoms with Crippen molar-refractivity contribution in [1.82, 2.24) is 9.97 Å². The highest BCUT2D eigenvalue weighted by Crippen LogP contribution is 2.32. The van der Waals surface area contributed by atoms with Crippen molar-refractivity contribution in [3.8, 4) is 11.3 Å². The van der Waals surface area contributed by atoms with Crippen LogP contribution in [0.1, 0.15) is 11.1 Å². The normalized spacial score (nSPS) is 11.6. The van der Waals surface area contributed by atoms with E-state index in [9.17, 15) is 13.2 Å². The summed E-state index contributed by atoms with van der Waals surface area (Å²) < 4.78 is 37.8. The van der Waals surface area contributed by atoms with Crippen molar-refractivity contribution in [3.63, 3.8) is 0 Å². The SMILES string of the molecule is NCc1cncnc1-c1cccc(C(F)(F)F)c1. The lowest BCUT2D eigenvalue weighted by molar-refractivity contribution is -0.137. The Kier molecular flexibility index (Phi) is 3.29. The first-order valence-electron chi connectivity index (χ1n) is 5.19. The van der Waals surface area contributed by atoms with Gasteiger partial charge >= 0.3 is 6.18 Å². The van der Waals surface area contributed by atoms with Gasteiger partial charge in [0.25, 0.3) is 0 Å². The fraction of sp³-hybridized carbons (Fsp3) is 0.167. The molecule has 2 aromatic rings. The van der Waals surface area contributed by atoms with E-state index >= 15 is 0 Å². The van der Waals surface area contributed by atoms with Crippen molar-refractivity contribution in [2.24, 2.45) is 5.73 Å². The number of rotatable bonds is 2. The van der Waals surface area contributed by atoms with Gasteiger partial charge in [-0.15, -0.1) is 0 Å². The molecule has 18 heavy (non-hydrogen) atoms. The Balaban J connectivity index is 2.51. The van der Waals surface area contributed by atoms with E-state index in [2.05, 4.69) is 9.97 Å². The molecule has 0 bridgehead atoms. The van der Waals surface area contributed by atoms with Crippen molar-refractivity contribution >= 4 is 0 Å². The summed E-state index contributed by atoms with van der Waals surface area (Å²) in [6, 6.07) is 4.99. The van der Waals surface area contributed by atoms with Gasteiger partial charge in [-0.05, 0) is 12.1 Å². The van der Waals surface area contributed by atoms with Gasteiger partial charge < -0.3 is 5.73 Å². The molecule has 0 aliphatic carbocycles. The number of benzene rings is 1. The fourth-order valence-electron chi connectivity index (χ4n) is 1.61. The Morgan fingerprint density at radius 1 is 1.22 bits per heavy atom. The smallest absolute Gasteiger partial charge is 0.326 e. The minimum Gasteiger partial charge on any atom is -0.326 e. The molecule has 0 radical (unpaired) electrons. The summed E-state index contributed by atoms with van der Waals surface area (Å²) in [5.74, 6) is 0. The lowest BCUT2D eigenvalue weighted by Gasteiger charge is -2.10. The Bertz CT molecular complexity index is 552. The second-order valence-electron chi connectivity index (χ2n) is 3.68. The molecule has 0 saturated carbocycles. The van der Waals surface area contributed by atoms with Crippen LogP contribution in [0.15, 0.2) is 36.8 Å². The van der Waals surface area contributed by atoms with E-state index in [4.69, 9.17) is 5.73 Å². The van der Waals surface area contributed by atoms with Crippen LogP contribution in [-0.2, 0) is 12.7 Å². The average Bonchev–Trinajstić information content (AvgIpc) is 2.38. The minimum absolute atomic E-state index is 0.173. The van der Waals surface area contributed by atoms with Crippen LogP contribution >= 0.6 is 0 Å². The lowest BCUT2D eigenvalue weighted by Crippen LogP contribution is -2.06. The molecule has 1 heterocycles. The van der Waals surface area contributed by atoms with Crippen LogP contribution in [0.4, 0.5) is 13.2 Å². The van der Waals surface area contributed by atoms with Gasteiger partial charge in [-0.2, -0.15) is 13.2 Å². The van der Waals surface area contributed by atoms with Crippen LogP contribution < -0.4 is 5.73 Å². The summed E-state index contributed by atoms with van der Waals surface area (Å²) in [6.07, 6.45) is -1.58. The first kappa shape index (κ1) is 12.5. The molecule has 6 heteroatoms. The molecule has 0 unspecified atom stereocenters. The maximum absolute atomic E-state index is 12.6. The van der Waals surface area contributed by atoms with E-state index in [1.54, 1.807) is 6.07 Å². The lowest BCUT2D eigenvalue weighted by atomic mass is 10.0. The van der Waals surface area contributed by atoms with Crippen LogP contribution in [0.2, 0.25) is 0 Å². The van der Waals surface area contributed by atoms with Crippen LogP contribution in [0.3, 0.4) is 0 Å². The molecule has 0 atom stereocenters. The molecule has 0 fully saturated rings. The summed E-state index contributed by atoms with van der Waals surface area (Å²) >= 11 is 0. The zero-order valence-corrected chi connectivity index (χ0v) is 9.28. The second kappa shape index (κ2) is 4.73. The summed E-state index contributed by atoms with van der Waals surface area (Å²) in [4.78, 5) is 7.78. The fourth-order valence-corrected chi connectivity index (χ4v) is 1.61. The number of aromatic nitrogens is 2. The zero-order valence-electron chi connectivity index (χ0n) is 9.28. The van der Waals surface area contributed by atoms with Gasteiger partial charge in [-0.1, -0.05) is 12.1 Å². The average molecular weight is 253 g/mol. The number of hydrogen-bond acceptors (Lipinski definition) is 3. The molecular formula is C12H10F3N3. The second-order valence-corrected chi connectivity index (χ2v) is 3.68. The standard InChI is InChI=1S/C12H10F3N3/c13-12(14,15)10-3-1-2-8(4-10)11-9(5-16)6-17-7-18-11/h1-4,6-7H,5,16H2. The molecule has 1 aromatic heterocycles. The topological polar surface area (TPSA) is 51.8 Å². The van der Waals surface area contributed by atoms with Crippen molar-refractivity contribution in [2.45, 2.75) is 12.7 Å². The highest BCUT2D eigenvalue weighted by Gasteiger charge is 2.30. The molecule has 2 rings (SSSR count). The Labute approximate surface area is 101 Å². The minimum atomic E-state index is -4.37. The molecule has 0 spiro atoms. The molecule has 3 nitrogen and oxygen atoms in total. The van der Waals surface area contributed by atoms with Gasteiger partial charge in [0, 0.05) is 23.9 Å². The molecule has 2 N–H and O–H groups in total. The van der Waals surface area contributed by atoms with Crippen LogP contribution in [-0.4, -0.2) is 9.97 Å². The molecule has 0 aliphatic heterocycles. The zero-order chi connectivity index (χ0) is 13.2. The van der Waals surface area contributed by atoms with E-state index < -0.39 is 11.7 Å². The quantitative estimate of drug-likeness (QED) is 0.895. The van der Waals surface area contributed by atoms with Crippen LogP contribution in [0.5, 0.6) is 0 Å². The highest BCUT2D eigenvalue weighted by molar-refractivity contribution is 5.63. The summed E-state index contributed by atoms with van der Waals surface area (Å²) in [7, 11) is 0. The molecule has 0 amide bonds. The first-order chi connectivity index (χ1) is 8.52. The Hall–Kier alpha value is -1.95. The molecule has 1 aromatic carbocycles. The maximum Gasteiger partial charge on any atom is 0.416 e. The Morgan fingerprint density at radius 3 is 2.67 bits per heavy atom. The van der Waals surface area contributed by atoms with E-state index in [1.807, 2.05) is 0 Å². The summed E-state index contributed by atoms with van der Waals surface area (Å²) in [6.45, 7) is 0.173. The van der Waals surface area contributed by atoms with Crippen molar-refractivity contribution in [1.29, 1.82) is 0 Å². The first-order valence-corrected chi connectivity index (χ1v) is 5.19. The van der Waals surface area contributed by atoms with Gasteiger partial charge in [0.1, 0.15) is 6.33 Å². The predicted molar refractivity (Wildman–Crippen MR) is 60.4 cm³/mol. The van der Waals surface area contributed by atoms with Crippen molar-refractivity contribution in [2.75, 3.05) is 0 Å². The summed E-state index contributed by atoms with van der Waals surface area (Å²) in [5.41, 5.74) is 6.22. The molecule has 0 aliphatic rings. The molecule has 0 saturated heterocycles. The third-order valence-electron chi connectivity index (χ3n) is 2.47. The third-order valence-corrected chi connectivity index (χ3v) is 2.47. The van der Waals surface area contributed by atoms with E-state index in [0.29, 0.717) is 16.8 Å². The third kappa shape index (κ3) is 2.48.